The lowest BCUT2D eigenvalue weighted by molar-refractivity contribution is 0.852. The summed E-state index contributed by atoms with van der Waals surface area (Å²) >= 11 is 0. The third kappa shape index (κ3) is 3.88. The van der Waals surface area contributed by atoms with Gasteiger partial charge in [0.15, 0.2) is 0 Å². The van der Waals surface area contributed by atoms with Gasteiger partial charge in [0.1, 0.15) is 0 Å². The lowest BCUT2D eigenvalue weighted by Gasteiger charge is -2.18. The molecule has 2 aromatic heterocycles. The molecule has 0 bridgehead atoms. The molecule has 1 aliphatic rings. The average molecular weight is 563 g/mol. The molecular formula is C42H30N2. The fourth-order valence-electron chi connectivity index (χ4n) is 7.18. The van der Waals surface area contributed by atoms with E-state index in [4.69, 9.17) is 0 Å². The fraction of sp³-hybridized carbons (Fsp3) is 0.0476. The van der Waals surface area contributed by atoms with Crippen LogP contribution >= 0.6 is 0 Å². The van der Waals surface area contributed by atoms with E-state index in [0.29, 0.717) is 5.92 Å². The van der Waals surface area contributed by atoms with Gasteiger partial charge in [-0.15, -0.1) is 0 Å². The molecule has 0 N–H and O–H groups in total. The number of nitrogens with zero attached hydrogens (tertiary/aromatic N) is 2. The predicted octanol–water partition coefficient (Wildman–Crippen LogP) is 11.1. The second kappa shape index (κ2) is 10.00. The monoisotopic (exact) mass is 562 g/mol. The van der Waals surface area contributed by atoms with Crippen molar-refractivity contribution in [2.24, 2.45) is 0 Å². The number of allylic oxidation sites excluding steroid dienone is 4. The number of hydrogen-bond donors (Lipinski definition) is 0. The first-order chi connectivity index (χ1) is 21.8. The molecule has 0 spiro atoms. The summed E-state index contributed by atoms with van der Waals surface area (Å²) in [4.78, 5) is 0. The fourth-order valence-corrected chi connectivity index (χ4v) is 7.18. The van der Waals surface area contributed by atoms with Crippen molar-refractivity contribution in [3.63, 3.8) is 0 Å². The first-order valence-electron chi connectivity index (χ1n) is 15.4. The maximum absolute atomic E-state index is 2.46. The highest BCUT2D eigenvalue weighted by molar-refractivity contribution is 6.12. The van der Waals surface area contributed by atoms with Crippen LogP contribution in [0.1, 0.15) is 17.9 Å². The summed E-state index contributed by atoms with van der Waals surface area (Å²) in [5.41, 5.74) is 11.1. The number of hydrogen-bond acceptors (Lipinski definition) is 0. The summed E-state index contributed by atoms with van der Waals surface area (Å²) in [5.74, 6) is 0.359. The minimum Gasteiger partial charge on any atom is -0.309 e. The molecule has 1 aliphatic carbocycles. The van der Waals surface area contributed by atoms with E-state index in [0.717, 1.165) is 6.42 Å². The molecule has 0 aliphatic heterocycles. The third-order valence-corrected chi connectivity index (χ3v) is 9.21. The van der Waals surface area contributed by atoms with Crippen LogP contribution < -0.4 is 0 Å². The summed E-state index contributed by atoms with van der Waals surface area (Å²) in [6.45, 7) is 0. The van der Waals surface area contributed by atoms with Gasteiger partial charge in [-0.25, -0.2) is 0 Å². The average Bonchev–Trinajstić information content (AvgIpc) is 3.61. The van der Waals surface area contributed by atoms with Crippen LogP contribution in [0.4, 0.5) is 0 Å². The predicted molar refractivity (Wildman–Crippen MR) is 186 cm³/mol. The van der Waals surface area contributed by atoms with Crippen LogP contribution in [0.15, 0.2) is 164 Å². The minimum absolute atomic E-state index is 0.359. The van der Waals surface area contributed by atoms with Gasteiger partial charge in [-0.2, -0.15) is 0 Å². The van der Waals surface area contributed by atoms with Gasteiger partial charge in [-0.05, 0) is 71.6 Å². The molecule has 44 heavy (non-hydrogen) atoms. The Balaban J connectivity index is 1.30. The van der Waals surface area contributed by atoms with E-state index < -0.39 is 0 Å². The highest BCUT2D eigenvalue weighted by Gasteiger charge is 2.18. The first kappa shape index (κ1) is 24.9. The second-order valence-electron chi connectivity index (χ2n) is 11.8. The number of rotatable bonds is 4. The zero-order chi connectivity index (χ0) is 29.0. The topological polar surface area (TPSA) is 9.86 Å². The van der Waals surface area contributed by atoms with Crippen molar-refractivity contribution in [3.8, 4) is 22.5 Å². The van der Waals surface area contributed by atoms with Crippen molar-refractivity contribution in [1.82, 2.24) is 9.13 Å². The van der Waals surface area contributed by atoms with Crippen LogP contribution in [-0.4, -0.2) is 9.13 Å². The van der Waals surface area contributed by atoms with Crippen molar-refractivity contribution < 1.29 is 0 Å². The molecule has 8 aromatic rings. The molecular weight excluding hydrogens is 532 g/mol. The van der Waals surface area contributed by atoms with E-state index in [9.17, 15) is 0 Å². The highest BCUT2D eigenvalue weighted by atomic mass is 15.0. The van der Waals surface area contributed by atoms with E-state index in [1.54, 1.807) is 0 Å². The van der Waals surface area contributed by atoms with Crippen LogP contribution in [0.5, 0.6) is 0 Å². The summed E-state index contributed by atoms with van der Waals surface area (Å²) in [5, 5.41) is 5.08. The quantitative estimate of drug-likeness (QED) is 0.202. The van der Waals surface area contributed by atoms with Crippen molar-refractivity contribution in [2.45, 2.75) is 12.3 Å². The Labute approximate surface area is 256 Å². The summed E-state index contributed by atoms with van der Waals surface area (Å²) < 4.78 is 4.87. The van der Waals surface area contributed by atoms with Gasteiger partial charge < -0.3 is 9.13 Å². The number of aromatic nitrogens is 2. The van der Waals surface area contributed by atoms with Crippen molar-refractivity contribution >= 4 is 43.6 Å². The Bertz CT molecular complexity index is 2360. The Morgan fingerprint density at radius 1 is 0.432 bits per heavy atom. The molecule has 0 amide bonds. The summed E-state index contributed by atoms with van der Waals surface area (Å²) in [6.07, 6.45) is 9.96. The lowest BCUT2D eigenvalue weighted by atomic mass is 9.89. The van der Waals surface area contributed by atoms with Crippen LogP contribution in [-0.2, 0) is 0 Å². The van der Waals surface area contributed by atoms with Crippen LogP contribution in [0, 0.1) is 0 Å². The molecule has 0 saturated heterocycles. The van der Waals surface area contributed by atoms with Gasteiger partial charge >= 0.3 is 0 Å². The van der Waals surface area contributed by atoms with Gasteiger partial charge in [-0.1, -0.05) is 115 Å². The van der Waals surface area contributed by atoms with Crippen molar-refractivity contribution in [2.75, 3.05) is 0 Å². The third-order valence-electron chi connectivity index (χ3n) is 9.21. The van der Waals surface area contributed by atoms with E-state index in [-0.39, 0.29) is 0 Å². The molecule has 0 radical (unpaired) electrons. The maximum atomic E-state index is 2.46. The van der Waals surface area contributed by atoms with Gasteiger partial charge in [0.25, 0.3) is 0 Å². The molecule has 2 heteroatoms. The molecule has 1 atom stereocenters. The van der Waals surface area contributed by atoms with E-state index in [1.807, 2.05) is 0 Å². The van der Waals surface area contributed by atoms with E-state index >= 15 is 0 Å². The molecule has 0 saturated carbocycles. The van der Waals surface area contributed by atoms with Crippen molar-refractivity contribution in [3.05, 3.63) is 169 Å². The molecule has 1 unspecified atom stereocenters. The van der Waals surface area contributed by atoms with E-state index in [2.05, 4.69) is 173 Å². The molecule has 0 fully saturated rings. The van der Waals surface area contributed by atoms with Crippen LogP contribution in [0.2, 0.25) is 0 Å². The summed E-state index contributed by atoms with van der Waals surface area (Å²) in [7, 11) is 0. The lowest BCUT2D eigenvalue weighted by Crippen LogP contribution is -2.01. The van der Waals surface area contributed by atoms with Gasteiger partial charge in [0.2, 0.25) is 0 Å². The molecule has 2 nitrogen and oxygen atoms in total. The number of benzene rings is 6. The Kier molecular flexibility index (Phi) is 5.67. The highest BCUT2D eigenvalue weighted by Crippen LogP contribution is 2.39. The first-order valence-corrected chi connectivity index (χ1v) is 15.4. The normalized spacial score (nSPS) is 14.8. The second-order valence-corrected chi connectivity index (χ2v) is 11.8. The van der Waals surface area contributed by atoms with Gasteiger partial charge in [0.05, 0.1) is 22.1 Å². The zero-order valence-corrected chi connectivity index (χ0v) is 24.3. The van der Waals surface area contributed by atoms with Crippen LogP contribution in [0.25, 0.3) is 66.1 Å². The summed E-state index contributed by atoms with van der Waals surface area (Å²) in [6, 6.07) is 51.2. The minimum atomic E-state index is 0.359. The van der Waals surface area contributed by atoms with E-state index in [1.165, 1.54) is 71.7 Å². The number of fused-ring (bicyclic) bond motifs is 6. The van der Waals surface area contributed by atoms with Crippen molar-refractivity contribution in [1.29, 1.82) is 0 Å². The largest absolute Gasteiger partial charge is 0.309 e. The Hall–Kier alpha value is -5.60. The maximum Gasteiger partial charge on any atom is 0.0542 e. The molecule has 2 heterocycles. The van der Waals surface area contributed by atoms with Gasteiger partial charge in [-0.3, -0.25) is 0 Å². The molecule has 6 aromatic carbocycles. The Morgan fingerprint density at radius 3 is 1.68 bits per heavy atom. The van der Waals surface area contributed by atoms with Gasteiger partial charge in [0, 0.05) is 38.8 Å². The Morgan fingerprint density at radius 2 is 1.02 bits per heavy atom. The smallest absolute Gasteiger partial charge is 0.0542 e. The molecule has 9 rings (SSSR count). The standard InChI is InChI=1S/C42H30N2/c1-3-13-29(14-4-1)31-25-32(30-15-5-2-6-16-30)27-34(26-31)44-41-22-12-9-19-37(41)38-28-33(23-24-42(38)44)43-39-20-10-7-17-35(39)36-18-8-11-21-40(36)43/h1-15,17-28,30H,16H2. The number of para-hydroxylation sites is 3. The molecule has 208 valence electrons. The SMILES string of the molecule is C1=CCC(c2cc(-c3ccccc3)cc(-n3c4ccccc4c4cc(-n5c6ccccc6c6ccccc65)ccc43)c2)C=C1. The zero-order valence-electron chi connectivity index (χ0n) is 24.3. The van der Waals surface area contributed by atoms with Crippen LogP contribution in [0.3, 0.4) is 0 Å².